The number of benzene rings is 8. The number of para-hydroxylation sites is 1. The minimum atomic E-state index is -0.422. The second-order valence-corrected chi connectivity index (χ2v) is 26.7. The summed E-state index contributed by atoms with van der Waals surface area (Å²) in [5, 5.41) is 5.18. The number of hydrogen-bond donors (Lipinski definition) is 0. The Balaban J connectivity index is 1.25. The summed E-state index contributed by atoms with van der Waals surface area (Å²) in [6.07, 6.45) is 0. The van der Waals surface area contributed by atoms with Gasteiger partial charge in [0.1, 0.15) is 0 Å². The van der Waals surface area contributed by atoms with Crippen LogP contribution in [0.2, 0.25) is 0 Å². The summed E-state index contributed by atoms with van der Waals surface area (Å²) < 4.78 is 5.35. The van der Waals surface area contributed by atoms with Crippen LogP contribution in [0, 0.1) is 5.41 Å². The van der Waals surface area contributed by atoms with Crippen molar-refractivity contribution in [3.8, 4) is 16.8 Å². The first-order chi connectivity index (χ1) is 35.5. The molecule has 3 nitrogen and oxygen atoms in total. The van der Waals surface area contributed by atoms with Crippen LogP contribution >= 0.6 is 0 Å². The molecular formula is C71H70BN3. The number of allylic oxidation sites excluding steroid dienone is 3. The molecule has 0 fully saturated rings. The summed E-state index contributed by atoms with van der Waals surface area (Å²) in [6.45, 7) is 33.2. The maximum atomic E-state index is 2.83. The van der Waals surface area contributed by atoms with Crippen LogP contribution in [-0.2, 0) is 21.7 Å². The van der Waals surface area contributed by atoms with Crippen molar-refractivity contribution >= 4 is 78.4 Å². The number of rotatable bonds is 4. The van der Waals surface area contributed by atoms with Crippen LogP contribution in [0.5, 0.6) is 0 Å². The molecule has 10 aromatic rings. The van der Waals surface area contributed by atoms with Crippen molar-refractivity contribution < 1.29 is 0 Å². The van der Waals surface area contributed by atoms with Crippen molar-refractivity contribution in [3.05, 3.63) is 214 Å². The number of fused-ring (bicyclic) bond motifs is 9. The number of anilines is 2. The Morgan fingerprint density at radius 2 is 0.920 bits per heavy atom. The first kappa shape index (κ1) is 47.4. The molecule has 0 spiro atoms. The molecule has 3 aliphatic rings. The van der Waals surface area contributed by atoms with Crippen molar-refractivity contribution in [1.29, 1.82) is 0 Å². The molecule has 0 saturated carbocycles. The van der Waals surface area contributed by atoms with E-state index >= 15 is 0 Å². The van der Waals surface area contributed by atoms with E-state index in [9.17, 15) is 0 Å². The maximum Gasteiger partial charge on any atom is 0.329 e. The van der Waals surface area contributed by atoms with E-state index < -0.39 is 5.41 Å². The van der Waals surface area contributed by atoms with E-state index in [0.29, 0.717) is 0 Å². The van der Waals surface area contributed by atoms with Gasteiger partial charge in [-0.05, 0) is 144 Å². The average Bonchev–Trinajstić information content (AvgIpc) is 4.08. The van der Waals surface area contributed by atoms with E-state index in [1.807, 2.05) is 0 Å². The molecule has 0 atom stereocenters. The van der Waals surface area contributed by atoms with Gasteiger partial charge in [0.25, 0.3) is 0 Å². The fourth-order valence-corrected chi connectivity index (χ4v) is 13.3. The summed E-state index contributed by atoms with van der Waals surface area (Å²) in [5.74, 6) is 0. The van der Waals surface area contributed by atoms with Gasteiger partial charge in [-0.25, -0.2) is 0 Å². The molecular weight excluding hydrogens is 906 g/mol. The van der Waals surface area contributed by atoms with Crippen molar-refractivity contribution in [2.45, 2.75) is 119 Å². The fourth-order valence-electron chi connectivity index (χ4n) is 13.3. The molecule has 13 rings (SSSR count). The Hall–Kier alpha value is -7.30. The average molecular weight is 976 g/mol. The van der Waals surface area contributed by atoms with Crippen LogP contribution < -0.4 is 10.4 Å². The molecule has 372 valence electrons. The van der Waals surface area contributed by atoms with Crippen molar-refractivity contribution in [2.75, 3.05) is 4.90 Å². The number of aromatic nitrogens is 2. The van der Waals surface area contributed by atoms with E-state index in [4.69, 9.17) is 0 Å². The standard InChI is InChI=1S/C71H70BN3/c1-67(2,3)45-30-33-50(34-31-45)74-60-40-48(70(10,11)12)37-54-56-39-47(69(7,8)9)38-55-53-41-58-52(51-36-46(68(4,5)6)32-35-57(51)73(58)49-28-22-17-23-29-49)42-59(53)75(64(55)56)72(63(54)60)66-65(74)61(43-24-18-15-19-25-43)62(71(66,13)14)44-26-20-16-21-27-44/h15-42H,1-14H3. The van der Waals surface area contributed by atoms with Crippen LogP contribution in [-0.4, -0.2) is 15.9 Å². The quantitative estimate of drug-likeness (QED) is 0.160. The van der Waals surface area contributed by atoms with Crippen LogP contribution in [0.3, 0.4) is 0 Å². The first-order valence-corrected chi connectivity index (χ1v) is 27.4. The second-order valence-electron chi connectivity index (χ2n) is 26.7. The molecule has 75 heavy (non-hydrogen) atoms. The molecule has 4 heteroatoms. The molecule has 8 aromatic carbocycles. The van der Waals surface area contributed by atoms with Gasteiger partial charge < -0.3 is 13.9 Å². The zero-order chi connectivity index (χ0) is 52.5. The SMILES string of the molecule is CC1(C)C2=C(C(c3ccccc3)=C1c1ccccc1)N(c1ccc(C(C)(C)C)cc1)c1cc(C(C)(C)C)cc3c1B2n1c2cc4c5cc(C(C)(C)C)ccc5n(-c5ccccc5)c4cc2c2cc(C(C)(C)C)cc-3c21. The Bertz CT molecular complexity index is 4080. The van der Waals surface area contributed by atoms with Crippen molar-refractivity contribution in [1.82, 2.24) is 9.05 Å². The third-order valence-electron chi connectivity index (χ3n) is 17.3. The van der Waals surface area contributed by atoms with Gasteiger partial charge >= 0.3 is 6.85 Å². The molecule has 4 heterocycles. The zero-order valence-corrected chi connectivity index (χ0v) is 46.6. The van der Waals surface area contributed by atoms with Crippen molar-refractivity contribution in [2.24, 2.45) is 5.41 Å². The normalized spacial score (nSPS) is 15.5. The van der Waals surface area contributed by atoms with Gasteiger partial charge in [-0.1, -0.05) is 200 Å². The highest BCUT2D eigenvalue weighted by Crippen LogP contribution is 2.62. The fraction of sp³-hybridized carbons (Fsp3) is 0.268. The lowest BCUT2D eigenvalue weighted by Crippen LogP contribution is -2.52. The molecule has 2 aromatic heterocycles. The van der Waals surface area contributed by atoms with Gasteiger partial charge in [0.2, 0.25) is 0 Å². The smallest absolute Gasteiger partial charge is 0.329 e. The summed E-state index contributed by atoms with van der Waals surface area (Å²) in [5.41, 5.74) is 25.3. The summed E-state index contributed by atoms with van der Waals surface area (Å²) in [7, 11) is 0. The lowest BCUT2D eigenvalue weighted by molar-refractivity contribution is 0.589. The maximum absolute atomic E-state index is 2.83. The lowest BCUT2D eigenvalue weighted by atomic mass is 9.40. The van der Waals surface area contributed by atoms with Gasteiger partial charge in [0.15, 0.2) is 0 Å². The predicted molar refractivity (Wildman–Crippen MR) is 324 cm³/mol. The number of nitrogens with zero attached hydrogens (tertiary/aromatic N) is 3. The summed E-state index contributed by atoms with van der Waals surface area (Å²) in [6, 6.07) is 65.8. The van der Waals surface area contributed by atoms with Gasteiger partial charge in [0, 0.05) is 71.9 Å². The molecule has 0 amide bonds. The van der Waals surface area contributed by atoms with Gasteiger partial charge in [-0.2, -0.15) is 0 Å². The van der Waals surface area contributed by atoms with Crippen LogP contribution in [0.1, 0.15) is 130 Å². The summed E-state index contributed by atoms with van der Waals surface area (Å²) >= 11 is 0. The minimum Gasteiger partial charge on any atom is -0.376 e. The molecule has 0 radical (unpaired) electrons. The van der Waals surface area contributed by atoms with E-state index in [2.05, 4.69) is 281 Å². The monoisotopic (exact) mass is 976 g/mol. The summed E-state index contributed by atoms with van der Waals surface area (Å²) in [4.78, 5) is 2.70. The lowest BCUT2D eigenvalue weighted by Gasteiger charge is -2.44. The third kappa shape index (κ3) is 7.00. The van der Waals surface area contributed by atoms with E-state index in [-0.39, 0.29) is 28.5 Å². The van der Waals surface area contributed by atoms with Crippen LogP contribution in [0.4, 0.5) is 11.4 Å². The molecule has 0 N–H and O–H groups in total. The highest BCUT2D eigenvalue weighted by Gasteiger charge is 2.55. The molecule has 0 saturated heterocycles. The number of hydrogen-bond acceptors (Lipinski definition) is 1. The third-order valence-corrected chi connectivity index (χ3v) is 17.3. The molecule has 0 unspecified atom stereocenters. The Labute approximate surface area is 445 Å². The van der Waals surface area contributed by atoms with Crippen LogP contribution in [0.25, 0.3) is 71.6 Å². The highest BCUT2D eigenvalue weighted by molar-refractivity contribution is 6.85. The van der Waals surface area contributed by atoms with Gasteiger partial charge in [-0.15, -0.1) is 0 Å². The predicted octanol–water partition coefficient (Wildman–Crippen LogP) is 18.4. The van der Waals surface area contributed by atoms with E-state index in [0.717, 1.165) is 0 Å². The molecule has 2 aliphatic heterocycles. The van der Waals surface area contributed by atoms with Gasteiger partial charge in [-0.3, -0.25) is 0 Å². The Kier molecular flexibility index (Phi) is 10.0. The minimum absolute atomic E-state index is 0.00858. The topological polar surface area (TPSA) is 13.1 Å². The Morgan fingerprint density at radius 3 is 1.53 bits per heavy atom. The first-order valence-electron chi connectivity index (χ1n) is 27.4. The van der Waals surface area contributed by atoms with Crippen LogP contribution in [0.15, 0.2) is 181 Å². The molecule has 0 bridgehead atoms. The van der Waals surface area contributed by atoms with E-state index in [1.54, 1.807) is 0 Å². The largest absolute Gasteiger partial charge is 0.376 e. The molecule has 1 aliphatic carbocycles. The Morgan fingerprint density at radius 1 is 0.413 bits per heavy atom. The second kappa shape index (κ2) is 15.9. The highest BCUT2D eigenvalue weighted by atomic mass is 15.2. The van der Waals surface area contributed by atoms with Gasteiger partial charge in [0.05, 0.1) is 11.0 Å². The van der Waals surface area contributed by atoms with E-state index in [1.165, 1.54) is 133 Å². The van der Waals surface area contributed by atoms with Crippen molar-refractivity contribution in [3.63, 3.8) is 0 Å². The zero-order valence-electron chi connectivity index (χ0n) is 46.6.